The van der Waals surface area contributed by atoms with Gasteiger partial charge in [-0.15, -0.1) is 0 Å². The minimum Gasteiger partial charge on any atom is -0.379 e. The quantitative estimate of drug-likeness (QED) is 0.784. The van der Waals surface area contributed by atoms with Gasteiger partial charge in [0.15, 0.2) is 5.78 Å². The molecule has 0 saturated carbocycles. The van der Waals surface area contributed by atoms with Crippen molar-refractivity contribution < 1.29 is 23.7 Å². The van der Waals surface area contributed by atoms with Gasteiger partial charge in [-0.05, 0) is 17.5 Å². The van der Waals surface area contributed by atoms with E-state index in [9.17, 15) is 4.79 Å². The highest BCUT2D eigenvalue weighted by Crippen LogP contribution is 2.12. The van der Waals surface area contributed by atoms with Gasteiger partial charge in [-0.1, -0.05) is 60.7 Å². The number of Topliss-reactive ketones (excluding diaryl/α,β-unsaturated/α-hetero) is 1. The van der Waals surface area contributed by atoms with E-state index < -0.39 is 0 Å². The summed E-state index contributed by atoms with van der Waals surface area (Å²) in [7, 11) is 0. The molecule has 2 aromatic rings. The average molecular weight is 414 g/mol. The standard InChI is InChI=1S/C12H17NO2.C12H14O3/c2*13-11-6-7-14-9-12(11)15-8-10-4-2-1-3-5-10/h1-5,11-12H,6-9,13H2;1-5,12H,6-9H2/t11-,12+;12-/m01/s1. The first-order chi connectivity index (χ1) is 14.7. The van der Waals surface area contributed by atoms with Crippen molar-refractivity contribution in [3.8, 4) is 0 Å². The Kier molecular flexibility index (Phi) is 9.47. The van der Waals surface area contributed by atoms with Gasteiger partial charge in [0.2, 0.25) is 0 Å². The van der Waals surface area contributed by atoms with Gasteiger partial charge in [-0.25, -0.2) is 0 Å². The zero-order valence-corrected chi connectivity index (χ0v) is 17.3. The lowest BCUT2D eigenvalue weighted by Gasteiger charge is -2.28. The molecule has 0 unspecified atom stereocenters. The summed E-state index contributed by atoms with van der Waals surface area (Å²) < 4.78 is 21.8. The molecule has 0 amide bonds. The molecule has 2 aromatic carbocycles. The van der Waals surface area contributed by atoms with Gasteiger partial charge < -0.3 is 24.7 Å². The van der Waals surface area contributed by atoms with Gasteiger partial charge in [0.05, 0.1) is 39.1 Å². The molecular formula is C24H31NO5. The second-order valence-electron chi connectivity index (χ2n) is 7.44. The molecule has 2 fully saturated rings. The third kappa shape index (κ3) is 7.63. The van der Waals surface area contributed by atoms with Gasteiger partial charge in [0.1, 0.15) is 6.10 Å². The topological polar surface area (TPSA) is 80.0 Å². The Morgan fingerprint density at radius 3 is 2.03 bits per heavy atom. The molecule has 2 saturated heterocycles. The fourth-order valence-corrected chi connectivity index (χ4v) is 3.21. The zero-order valence-electron chi connectivity index (χ0n) is 17.3. The van der Waals surface area contributed by atoms with E-state index in [1.807, 2.05) is 48.5 Å². The first-order valence-electron chi connectivity index (χ1n) is 10.5. The zero-order chi connectivity index (χ0) is 21.0. The molecule has 0 bridgehead atoms. The fourth-order valence-electron chi connectivity index (χ4n) is 3.21. The Morgan fingerprint density at radius 2 is 1.43 bits per heavy atom. The maximum atomic E-state index is 11.4. The van der Waals surface area contributed by atoms with E-state index in [0.29, 0.717) is 39.5 Å². The van der Waals surface area contributed by atoms with Crippen molar-refractivity contribution in [2.75, 3.05) is 26.4 Å². The lowest BCUT2D eigenvalue weighted by Crippen LogP contribution is -2.44. The normalized spacial score (nSPS) is 24.0. The van der Waals surface area contributed by atoms with Crippen molar-refractivity contribution in [3.63, 3.8) is 0 Å². The van der Waals surface area contributed by atoms with Crippen LogP contribution in [0.5, 0.6) is 0 Å². The smallest absolute Gasteiger partial charge is 0.166 e. The SMILES string of the molecule is N[C@H]1CCOC[C@H]1OCc1ccccc1.O=C1CCOC[C@H]1OCc1ccccc1. The van der Waals surface area contributed by atoms with E-state index in [4.69, 9.17) is 24.7 Å². The molecule has 2 aliphatic rings. The number of ketones is 1. The highest BCUT2D eigenvalue weighted by molar-refractivity contribution is 5.83. The van der Waals surface area contributed by atoms with Crippen LogP contribution in [0.3, 0.4) is 0 Å². The van der Waals surface area contributed by atoms with E-state index in [0.717, 1.165) is 18.6 Å². The number of hydrogen-bond acceptors (Lipinski definition) is 6. The van der Waals surface area contributed by atoms with Gasteiger partial charge in [0, 0.05) is 19.1 Å². The summed E-state index contributed by atoms with van der Waals surface area (Å²) in [6.45, 7) is 3.39. The molecule has 2 heterocycles. The number of ether oxygens (including phenoxy) is 4. The third-order valence-electron chi connectivity index (χ3n) is 5.08. The van der Waals surface area contributed by atoms with E-state index in [1.54, 1.807) is 0 Å². The van der Waals surface area contributed by atoms with Crippen molar-refractivity contribution in [2.45, 2.75) is 44.3 Å². The van der Waals surface area contributed by atoms with Gasteiger partial charge in [0.25, 0.3) is 0 Å². The van der Waals surface area contributed by atoms with Crippen LogP contribution in [0.2, 0.25) is 0 Å². The van der Waals surface area contributed by atoms with E-state index >= 15 is 0 Å². The lowest BCUT2D eigenvalue weighted by atomic mass is 10.1. The maximum Gasteiger partial charge on any atom is 0.166 e. The molecule has 162 valence electrons. The van der Waals surface area contributed by atoms with Crippen LogP contribution in [0.15, 0.2) is 60.7 Å². The Bertz CT molecular complexity index is 740. The van der Waals surface area contributed by atoms with Crippen LogP contribution in [0.4, 0.5) is 0 Å². The van der Waals surface area contributed by atoms with E-state index in [1.165, 1.54) is 5.56 Å². The monoisotopic (exact) mass is 413 g/mol. The van der Waals surface area contributed by atoms with E-state index in [-0.39, 0.29) is 24.0 Å². The Hall–Kier alpha value is -2.09. The molecule has 0 spiro atoms. The second kappa shape index (κ2) is 12.6. The predicted octanol–water partition coefficient (Wildman–Crippen LogP) is 2.88. The Morgan fingerprint density at radius 1 is 0.833 bits per heavy atom. The molecule has 2 N–H and O–H groups in total. The summed E-state index contributed by atoms with van der Waals surface area (Å²) in [6.07, 6.45) is 1.02. The van der Waals surface area contributed by atoms with Gasteiger partial charge in [-0.2, -0.15) is 0 Å². The highest BCUT2D eigenvalue weighted by Gasteiger charge is 2.23. The molecule has 4 rings (SSSR count). The van der Waals surface area contributed by atoms with Crippen LogP contribution in [0.1, 0.15) is 24.0 Å². The minimum atomic E-state index is -0.376. The van der Waals surface area contributed by atoms with Gasteiger partial charge >= 0.3 is 0 Å². The van der Waals surface area contributed by atoms with Crippen LogP contribution in [0.25, 0.3) is 0 Å². The number of hydrogen-bond donors (Lipinski definition) is 1. The molecular weight excluding hydrogens is 382 g/mol. The first kappa shape index (κ1) is 22.6. The van der Waals surface area contributed by atoms with Crippen molar-refractivity contribution in [3.05, 3.63) is 71.8 Å². The number of nitrogens with two attached hydrogens (primary N) is 1. The number of rotatable bonds is 6. The summed E-state index contributed by atoms with van der Waals surface area (Å²) >= 11 is 0. The van der Waals surface area contributed by atoms with Crippen molar-refractivity contribution >= 4 is 5.78 Å². The number of benzene rings is 2. The Balaban J connectivity index is 0.000000171. The van der Waals surface area contributed by atoms with Crippen LogP contribution in [-0.2, 0) is 37.0 Å². The van der Waals surface area contributed by atoms with Gasteiger partial charge in [-0.3, -0.25) is 4.79 Å². The summed E-state index contributed by atoms with van der Waals surface area (Å²) in [4.78, 5) is 11.4. The summed E-state index contributed by atoms with van der Waals surface area (Å²) in [6, 6.07) is 20.1. The summed E-state index contributed by atoms with van der Waals surface area (Å²) in [5.74, 6) is 0.150. The van der Waals surface area contributed by atoms with Crippen molar-refractivity contribution in [1.82, 2.24) is 0 Å². The predicted molar refractivity (Wildman–Crippen MR) is 114 cm³/mol. The first-order valence-corrected chi connectivity index (χ1v) is 10.5. The van der Waals surface area contributed by atoms with Crippen LogP contribution in [-0.4, -0.2) is 50.5 Å². The largest absolute Gasteiger partial charge is 0.379 e. The molecule has 30 heavy (non-hydrogen) atoms. The summed E-state index contributed by atoms with van der Waals surface area (Å²) in [5, 5.41) is 0. The second-order valence-corrected chi connectivity index (χ2v) is 7.44. The summed E-state index contributed by atoms with van der Waals surface area (Å²) in [5.41, 5.74) is 8.19. The molecule has 0 aromatic heterocycles. The average Bonchev–Trinajstić information content (AvgIpc) is 2.80. The van der Waals surface area contributed by atoms with Crippen molar-refractivity contribution in [2.24, 2.45) is 5.73 Å². The third-order valence-corrected chi connectivity index (χ3v) is 5.08. The molecule has 2 aliphatic heterocycles. The van der Waals surface area contributed by atoms with E-state index in [2.05, 4.69) is 12.1 Å². The van der Waals surface area contributed by atoms with Crippen molar-refractivity contribution in [1.29, 1.82) is 0 Å². The molecule has 0 radical (unpaired) electrons. The van der Waals surface area contributed by atoms with Crippen LogP contribution < -0.4 is 5.73 Å². The lowest BCUT2D eigenvalue weighted by molar-refractivity contribution is -0.143. The highest BCUT2D eigenvalue weighted by atomic mass is 16.5. The van der Waals surface area contributed by atoms with Crippen LogP contribution in [0, 0.1) is 0 Å². The number of carbonyl (C=O) groups excluding carboxylic acids is 1. The minimum absolute atomic E-state index is 0.0407. The number of carbonyl (C=O) groups is 1. The molecule has 3 atom stereocenters. The molecule has 0 aliphatic carbocycles. The molecule has 6 heteroatoms. The molecule has 6 nitrogen and oxygen atoms in total. The fraction of sp³-hybridized carbons (Fsp3) is 0.458. The van der Waals surface area contributed by atoms with Crippen LogP contribution >= 0.6 is 0 Å². The maximum absolute atomic E-state index is 11.4. The Labute approximate surface area is 178 Å².